The second-order valence-electron chi connectivity index (χ2n) is 3.78. The number of cyclic esters (lactones) is 1. The van der Waals surface area contributed by atoms with Gasteiger partial charge in [0.1, 0.15) is 12.0 Å². The molecule has 1 heterocycles. The Kier molecular flexibility index (Phi) is 3.88. The van der Waals surface area contributed by atoms with Crippen molar-refractivity contribution in [1.82, 2.24) is 0 Å². The molecule has 0 unspecified atom stereocenters. The Morgan fingerprint density at radius 1 is 1.53 bits per heavy atom. The van der Waals surface area contributed by atoms with Crippen LogP contribution in [0.5, 0.6) is 0 Å². The van der Waals surface area contributed by atoms with Crippen molar-refractivity contribution in [2.24, 2.45) is 5.92 Å². The van der Waals surface area contributed by atoms with E-state index >= 15 is 0 Å². The normalized spacial score (nSPS) is 25.4. The van der Waals surface area contributed by atoms with Crippen molar-refractivity contribution in [3.8, 4) is 0 Å². The van der Waals surface area contributed by atoms with Crippen LogP contribution >= 0.6 is 0 Å². The summed E-state index contributed by atoms with van der Waals surface area (Å²) in [7, 11) is 0. The molecule has 2 atom stereocenters. The number of carboxylic acid groups (broad SMARTS) is 1. The Bertz CT molecular complexity index is 282. The predicted molar refractivity (Wildman–Crippen MR) is 54.3 cm³/mol. The predicted octanol–water partition coefficient (Wildman–Crippen LogP) is 1.75. The van der Waals surface area contributed by atoms with Gasteiger partial charge in [0.25, 0.3) is 0 Å². The van der Waals surface area contributed by atoms with Gasteiger partial charge in [0.05, 0.1) is 0 Å². The SMILES string of the molecule is C=C1C(=O)O[C@@H](CCCCC)[C@@H]1C(=O)O. The zero-order valence-corrected chi connectivity index (χ0v) is 8.86. The minimum absolute atomic E-state index is 0.0731. The van der Waals surface area contributed by atoms with Crippen LogP contribution in [0, 0.1) is 5.92 Å². The summed E-state index contributed by atoms with van der Waals surface area (Å²) in [5, 5.41) is 8.94. The highest BCUT2D eigenvalue weighted by Crippen LogP contribution is 2.30. The monoisotopic (exact) mass is 212 g/mol. The van der Waals surface area contributed by atoms with E-state index in [1.165, 1.54) is 0 Å². The fraction of sp³-hybridized carbons (Fsp3) is 0.636. The van der Waals surface area contributed by atoms with Crippen LogP contribution in [0.25, 0.3) is 0 Å². The summed E-state index contributed by atoms with van der Waals surface area (Å²) in [6, 6.07) is 0. The molecule has 0 bridgehead atoms. The summed E-state index contributed by atoms with van der Waals surface area (Å²) in [6.45, 7) is 5.52. The van der Waals surface area contributed by atoms with Gasteiger partial charge in [-0.1, -0.05) is 26.3 Å². The lowest BCUT2D eigenvalue weighted by Gasteiger charge is -2.13. The fourth-order valence-corrected chi connectivity index (χ4v) is 1.76. The van der Waals surface area contributed by atoms with Gasteiger partial charge in [-0.25, -0.2) is 4.79 Å². The molecule has 0 amide bonds. The van der Waals surface area contributed by atoms with Crippen molar-refractivity contribution in [1.29, 1.82) is 0 Å². The molecular formula is C11H16O4. The maximum Gasteiger partial charge on any atom is 0.334 e. The first-order valence-corrected chi connectivity index (χ1v) is 5.20. The molecular weight excluding hydrogens is 196 g/mol. The van der Waals surface area contributed by atoms with Gasteiger partial charge in [-0.2, -0.15) is 0 Å². The smallest absolute Gasteiger partial charge is 0.334 e. The molecule has 0 aromatic heterocycles. The lowest BCUT2D eigenvalue weighted by molar-refractivity contribution is -0.144. The van der Waals surface area contributed by atoms with Gasteiger partial charge in [0.2, 0.25) is 0 Å². The van der Waals surface area contributed by atoms with Crippen molar-refractivity contribution < 1.29 is 19.4 Å². The average molecular weight is 212 g/mol. The van der Waals surface area contributed by atoms with Crippen molar-refractivity contribution >= 4 is 11.9 Å². The van der Waals surface area contributed by atoms with E-state index in [0.29, 0.717) is 6.42 Å². The van der Waals surface area contributed by atoms with Crippen LogP contribution in [0.4, 0.5) is 0 Å². The third-order valence-electron chi connectivity index (χ3n) is 2.63. The number of hydrogen-bond acceptors (Lipinski definition) is 3. The van der Waals surface area contributed by atoms with Gasteiger partial charge < -0.3 is 9.84 Å². The number of aliphatic carboxylic acids is 1. The Morgan fingerprint density at radius 2 is 2.20 bits per heavy atom. The fourth-order valence-electron chi connectivity index (χ4n) is 1.76. The third-order valence-corrected chi connectivity index (χ3v) is 2.63. The molecule has 1 rings (SSSR count). The van der Waals surface area contributed by atoms with Crippen LogP contribution in [0.1, 0.15) is 32.6 Å². The summed E-state index contributed by atoms with van der Waals surface area (Å²) in [5.41, 5.74) is 0.0731. The minimum Gasteiger partial charge on any atom is -0.481 e. The van der Waals surface area contributed by atoms with E-state index in [0.717, 1.165) is 19.3 Å². The van der Waals surface area contributed by atoms with Crippen LogP contribution in [0.2, 0.25) is 0 Å². The number of ether oxygens (including phenoxy) is 1. The van der Waals surface area contributed by atoms with Crippen LogP contribution in [-0.2, 0) is 14.3 Å². The van der Waals surface area contributed by atoms with Crippen LogP contribution in [0.15, 0.2) is 12.2 Å². The second-order valence-corrected chi connectivity index (χ2v) is 3.78. The molecule has 1 fully saturated rings. The Balaban J connectivity index is 2.59. The molecule has 0 saturated carbocycles. The summed E-state index contributed by atoms with van der Waals surface area (Å²) >= 11 is 0. The molecule has 15 heavy (non-hydrogen) atoms. The summed E-state index contributed by atoms with van der Waals surface area (Å²) in [6.07, 6.45) is 3.04. The largest absolute Gasteiger partial charge is 0.481 e. The van der Waals surface area contributed by atoms with Gasteiger partial charge in [-0.05, 0) is 12.8 Å². The van der Waals surface area contributed by atoms with E-state index in [2.05, 4.69) is 13.5 Å². The minimum atomic E-state index is -1.02. The molecule has 0 spiro atoms. The number of esters is 1. The standard InChI is InChI=1S/C11H16O4/c1-3-4-5-6-8-9(10(12)13)7(2)11(14)15-8/h8-9H,2-6H2,1H3,(H,12,13)/t8-,9+/m0/s1. The van der Waals surface area contributed by atoms with Gasteiger partial charge in [-0.3, -0.25) is 4.79 Å². The van der Waals surface area contributed by atoms with Gasteiger partial charge >= 0.3 is 11.9 Å². The molecule has 1 N–H and O–H groups in total. The van der Waals surface area contributed by atoms with E-state index in [4.69, 9.17) is 9.84 Å². The Morgan fingerprint density at radius 3 is 2.73 bits per heavy atom. The van der Waals surface area contributed by atoms with Crippen LogP contribution in [-0.4, -0.2) is 23.1 Å². The molecule has 1 aliphatic rings. The summed E-state index contributed by atoms with van der Waals surface area (Å²) < 4.78 is 4.97. The first-order valence-electron chi connectivity index (χ1n) is 5.20. The summed E-state index contributed by atoms with van der Waals surface area (Å²) in [4.78, 5) is 22.1. The molecule has 0 aromatic carbocycles. The van der Waals surface area contributed by atoms with E-state index < -0.39 is 24.0 Å². The van der Waals surface area contributed by atoms with Crippen molar-refractivity contribution in [3.05, 3.63) is 12.2 Å². The van der Waals surface area contributed by atoms with E-state index in [1.807, 2.05) is 0 Å². The Labute approximate surface area is 88.9 Å². The highest BCUT2D eigenvalue weighted by Gasteiger charge is 2.42. The van der Waals surface area contributed by atoms with E-state index in [-0.39, 0.29) is 5.57 Å². The second kappa shape index (κ2) is 4.96. The van der Waals surface area contributed by atoms with Gasteiger partial charge in [-0.15, -0.1) is 0 Å². The maximum atomic E-state index is 11.1. The number of unbranched alkanes of at least 4 members (excludes halogenated alkanes) is 2. The van der Waals surface area contributed by atoms with Crippen molar-refractivity contribution in [2.45, 2.75) is 38.7 Å². The molecule has 1 saturated heterocycles. The molecule has 84 valence electrons. The number of carbonyl (C=O) groups is 2. The molecule has 4 nitrogen and oxygen atoms in total. The lowest BCUT2D eigenvalue weighted by Crippen LogP contribution is -2.24. The zero-order chi connectivity index (χ0) is 11.4. The highest BCUT2D eigenvalue weighted by molar-refractivity contribution is 5.97. The average Bonchev–Trinajstić information content (AvgIpc) is 2.43. The summed E-state index contributed by atoms with van der Waals surface area (Å²) in [5.74, 6) is -2.44. The van der Waals surface area contributed by atoms with Crippen molar-refractivity contribution in [2.75, 3.05) is 0 Å². The first kappa shape index (κ1) is 11.8. The van der Waals surface area contributed by atoms with E-state index in [1.54, 1.807) is 0 Å². The molecule has 0 radical (unpaired) electrons. The molecule has 0 aromatic rings. The van der Waals surface area contributed by atoms with Crippen LogP contribution in [0.3, 0.4) is 0 Å². The maximum absolute atomic E-state index is 11.1. The molecule has 4 heteroatoms. The Hall–Kier alpha value is -1.32. The quantitative estimate of drug-likeness (QED) is 0.428. The number of rotatable bonds is 5. The van der Waals surface area contributed by atoms with Gasteiger partial charge in [0, 0.05) is 5.57 Å². The highest BCUT2D eigenvalue weighted by atomic mass is 16.6. The number of hydrogen-bond donors (Lipinski definition) is 1. The zero-order valence-electron chi connectivity index (χ0n) is 8.86. The van der Waals surface area contributed by atoms with Gasteiger partial charge in [0.15, 0.2) is 0 Å². The first-order chi connectivity index (χ1) is 7.07. The van der Waals surface area contributed by atoms with Crippen molar-refractivity contribution in [3.63, 3.8) is 0 Å². The third kappa shape index (κ3) is 2.58. The number of carboxylic acids is 1. The molecule has 0 aliphatic carbocycles. The molecule has 1 aliphatic heterocycles. The van der Waals surface area contributed by atoms with Crippen LogP contribution < -0.4 is 0 Å². The topological polar surface area (TPSA) is 63.6 Å². The van der Waals surface area contributed by atoms with E-state index in [9.17, 15) is 9.59 Å². The number of carbonyl (C=O) groups excluding carboxylic acids is 1. The lowest BCUT2D eigenvalue weighted by atomic mass is 9.94.